The maximum absolute atomic E-state index is 12.4. The van der Waals surface area contributed by atoms with Crippen molar-refractivity contribution in [2.75, 3.05) is 56.5 Å². The van der Waals surface area contributed by atoms with Gasteiger partial charge in [0.1, 0.15) is 23.1 Å². The van der Waals surface area contributed by atoms with Crippen LogP contribution in [0.4, 0.5) is 22.2 Å². The molecule has 2 aliphatic rings. The zero-order chi connectivity index (χ0) is 23.6. The fraction of sp³-hybridized carbons (Fsp3) is 0.652. The van der Waals surface area contributed by atoms with E-state index in [1.807, 2.05) is 39.8 Å². The number of likely N-dealkylation sites (tertiary alicyclic amines) is 1. The quantitative estimate of drug-likeness (QED) is 0.708. The molecule has 10 heteroatoms. The molecule has 0 spiro atoms. The fourth-order valence-electron chi connectivity index (χ4n) is 4.20. The zero-order valence-electron chi connectivity index (χ0n) is 20.4. The largest absolute Gasteiger partial charge is 0.444 e. The first-order chi connectivity index (χ1) is 15.6. The van der Waals surface area contributed by atoms with Crippen LogP contribution in [0.15, 0.2) is 12.1 Å². The second-order valence-corrected chi connectivity index (χ2v) is 10.2. The number of ether oxygens (including phenoxy) is 1. The Morgan fingerprint density at radius 1 is 1.15 bits per heavy atom. The van der Waals surface area contributed by atoms with Crippen molar-refractivity contribution in [2.24, 2.45) is 5.92 Å². The summed E-state index contributed by atoms with van der Waals surface area (Å²) in [6.45, 7) is 12.9. The van der Waals surface area contributed by atoms with Crippen LogP contribution in [0, 0.1) is 12.8 Å². The summed E-state index contributed by atoms with van der Waals surface area (Å²) in [7, 11) is 2.14. The van der Waals surface area contributed by atoms with Gasteiger partial charge in [0.15, 0.2) is 5.82 Å². The van der Waals surface area contributed by atoms with E-state index in [0.29, 0.717) is 19.0 Å². The summed E-state index contributed by atoms with van der Waals surface area (Å²) in [6.07, 6.45) is 1.39. The number of nitrogens with zero attached hydrogens (tertiary/aromatic N) is 6. The van der Waals surface area contributed by atoms with E-state index in [2.05, 4.69) is 32.4 Å². The predicted octanol–water partition coefficient (Wildman–Crippen LogP) is 2.80. The number of aryl methyl sites for hydroxylation is 1. The van der Waals surface area contributed by atoms with Crippen LogP contribution in [0.2, 0.25) is 0 Å². The molecular formula is C23H36N8O2. The molecule has 0 aliphatic carbocycles. The Hall–Kier alpha value is -2.88. The Kier molecular flexibility index (Phi) is 6.73. The maximum Gasteiger partial charge on any atom is 0.410 e. The van der Waals surface area contributed by atoms with E-state index in [0.717, 1.165) is 68.0 Å². The summed E-state index contributed by atoms with van der Waals surface area (Å²) < 4.78 is 5.54. The predicted molar refractivity (Wildman–Crippen MR) is 128 cm³/mol. The molecule has 0 radical (unpaired) electrons. The monoisotopic (exact) mass is 456 g/mol. The Bertz CT molecular complexity index is 962. The average molecular weight is 457 g/mol. The van der Waals surface area contributed by atoms with Gasteiger partial charge in [-0.1, -0.05) is 0 Å². The van der Waals surface area contributed by atoms with Gasteiger partial charge in [-0.3, -0.25) is 5.10 Å². The molecule has 0 unspecified atom stereocenters. The van der Waals surface area contributed by atoms with E-state index in [9.17, 15) is 4.79 Å². The molecule has 2 fully saturated rings. The van der Waals surface area contributed by atoms with Gasteiger partial charge in [-0.15, -0.1) is 0 Å². The van der Waals surface area contributed by atoms with Gasteiger partial charge >= 0.3 is 6.09 Å². The molecule has 2 N–H and O–H groups in total. The lowest BCUT2D eigenvalue weighted by atomic mass is 10.0. The highest BCUT2D eigenvalue weighted by atomic mass is 16.6. The van der Waals surface area contributed by atoms with Gasteiger partial charge in [0.2, 0.25) is 0 Å². The van der Waals surface area contributed by atoms with Crippen LogP contribution < -0.4 is 10.2 Å². The molecule has 0 aromatic carbocycles. The number of aromatic amines is 1. The highest BCUT2D eigenvalue weighted by Gasteiger charge is 2.30. The number of H-pyrrole nitrogens is 1. The molecule has 2 aromatic heterocycles. The highest BCUT2D eigenvalue weighted by molar-refractivity contribution is 5.68. The lowest BCUT2D eigenvalue weighted by molar-refractivity contribution is 0.0288. The molecular weight excluding hydrogens is 420 g/mol. The molecule has 0 bridgehead atoms. The normalized spacial score (nSPS) is 19.7. The van der Waals surface area contributed by atoms with Crippen LogP contribution in [0.3, 0.4) is 0 Å². The maximum atomic E-state index is 12.4. The fourth-order valence-corrected chi connectivity index (χ4v) is 4.20. The van der Waals surface area contributed by atoms with Gasteiger partial charge in [0.05, 0.1) is 0 Å². The van der Waals surface area contributed by atoms with Crippen molar-refractivity contribution < 1.29 is 9.53 Å². The minimum Gasteiger partial charge on any atom is -0.444 e. The van der Waals surface area contributed by atoms with Gasteiger partial charge < -0.3 is 24.8 Å². The highest BCUT2D eigenvalue weighted by Crippen LogP contribution is 2.25. The topological polar surface area (TPSA) is 103 Å². The summed E-state index contributed by atoms with van der Waals surface area (Å²) in [5.74, 6) is 3.50. The minimum absolute atomic E-state index is 0.242. The molecule has 2 aromatic rings. The van der Waals surface area contributed by atoms with Gasteiger partial charge in [-0.25, -0.2) is 14.8 Å². The molecule has 2 saturated heterocycles. The number of hydrogen-bond donors (Lipinski definition) is 2. The van der Waals surface area contributed by atoms with Gasteiger partial charge in [-0.2, -0.15) is 5.10 Å². The molecule has 2 aliphatic heterocycles. The summed E-state index contributed by atoms with van der Waals surface area (Å²) in [6, 6.07) is 3.95. The Balaban J connectivity index is 1.48. The Morgan fingerprint density at radius 2 is 1.91 bits per heavy atom. The number of piperazine rings is 1. The van der Waals surface area contributed by atoms with Crippen LogP contribution in [0.5, 0.6) is 0 Å². The number of rotatable bonds is 5. The van der Waals surface area contributed by atoms with E-state index in [1.54, 1.807) is 4.90 Å². The first-order valence-corrected chi connectivity index (χ1v) is 11.7. The van der Waals surface area contributed by atoms with Crippen LogP contribution in [-0.2, 0) is 11.2 Å². The van der Waals surface area contributed by atoms with E-state index < -0.39 is 5.60 Å². The summed E-state index contributed by atoms with van der Waals surface area (Å²) in [4.78, 5) is 28.6. The van der Waals surface area contributed by atoms with Crippen LogP contribution >= 0.6 is 0 Å². The number of nitrogens with one attached hydrogen (secondary N) is 2. The van der Waals surface area contributed by atoms with E-state index in [4.69, 9.17) is 14.7 Å². The Labute approximate surface area is 195 Å². The molecule has 33 heavy (non-hydrogen) atoms. The van der Waals surface area contributed by atoms with Crippen LogP contribution in [0.25, 0.3) is 0 Å². The van der Waals surface area contributed by atoms with Crippen molar-refractivity contribution in [1.82, 2.24) is 30.0 Å². The first kappa shape index (κ1) is 23.3. The van der Waals surface area contributed by atoms with E-state index in [1.165, 1.54) is 0 Å². The Morgan fingerprint density at radius 3 is 2.58 bits per heavy atom. The lowest BCUT2D eigenvalue weighted by Crippen LogP contribution is -2.45. The first-order valence-electron chi connectivity index (χ1n) is 11.7. The number of carbonyl (C=O) groups excluding carboxylic acids is 1. The van der Waals surface area contributed by atoms with Crippen molar-refractivity contribution in [3.8, 4) is 0 Å². The molecule has 0 saturated carbocycles. The third kappa shape index (κ3) is 6.34. The third-order valence-electron chi connectivity index (χ3n) is 5.96. The number of aromatic nitrogens is 4. The summed E-state index contributed by atoms with van der Waals surface area (Å²) >= 11 is 0. The number of amides is 1. The molecule has 1 atom stereocenters. The van der Waals surface area contributed by atoms with Crippen molar-refractivity contribution in [3.63, 3.8) is 0 Å². The molecule has 4 heterocycles. The van der Waals surface area contributed by atoms with Crippen LogP contribution in [-0.4, -0.2) is 88.0 Å². The lowest BCUT2D eigenvalue weighted by Gasteiger charge is -2.33. The van der Waals surface area contributed by atoms with Crippen LogP contribution in [0.1, 0.15) is 38.7 Å². The minimum atomic E-state index is -0.486. The smallest absolute Gasteiger partial charge is 0.410 e. The number of anilines is 3. The summed E-state index contributed by atoms with van der Waals surface area (Å²) in [5, 5.41) is 10.6. The van der Waals surface area contributed by atoms with Crippen molar-refractivity contribution in [2.45, 2.75) is 46.1 Å². The molecule has 180 valence electrons. The standard InChI is InChI=1S/C23H36N8O2/c1-16-12-20(28-27-16)25-19-14-21(30-10-8-29(5)9-11-30)26-18(24-19)13-17-6-7-31(15-17)22(32)33-23(2,3)4/h12,14,17H,6-11,13,15H2,1-5H3,(H2,24,25,26,27,28)/t17-/m1/s1. The molecule has 1 amide bonds. The van der Waals surface area contributed by atoms with Gasteiger partial charge in [-0.05, 0) is 47.1 Å². The average Bonchev–Trinajstić information content (AvgIpc) is 3.36. The van der Waals surface area contributed by atoms with Crippen molar-refractivity contribution in [1.29, 1.82) is 0 Å². The van der Waals surface area contributed by atoms with Gasteiger partial charge in [0.25, 0.3) is 0 Å². The SMILES string of the molecule is Cc1cc(Nc2cc(N3CCN(C)CC3)nc(C[C@H]3CCN(C(=O)OC(C)(C)C)C3)n2)n[nH]1. The third-order valence-corrected chi connectivity index (χ3v) is 5.96. The van der Waals surface area contributed by atoms with Crippen molar-refractivity contribution >= 4 is 23.5 Å². The van der Waals surface area contributed by atoms with E-state index in [-0.39, 0.29) is 6.09 Å². The summed E-state index contributed by atoms with van der Waals surface area (Å²) in [5.41, 5.74) is 0.500. The zero-order valence-corrected chi connectivity index (χ0v) is 20.4. The number of likely N-dealkylation sites (N-methyl/N-ethyl adjacent to an activating group) is 1. The van der Waals surface area contributed by atoms with Crippen molar-refractivity contribution in [3.05, 3.63) is 23.7 Å². The van der Waals surface area contributed by atoms with Gasteiger partial charge in [0, 0.05) is 63.5 Å². The molecule has 10 nitrogen and oxygen atoms in total. The molecule has 4 rings (SSSR count). The second-order valence-electron chi connectivity index (χ2n) is 10.2. The number of carbonyl (C=O) groups is 1. The van der Waals surface area contributed by atoms with E-state index >= 15 is 0 Å². The number of hydrogen-bond acceptors (Lipinski definition) is 8. The second kappa shape index (κ2) is 9.54.